The van der Waals surface area contributed by atoms with Crippen LogP contribution in [-0.2, 0) is 10.3 Å². The molecule has 0 radical (unpaired) electrons. The summed E-state index contributed by atoms with van der Waals surface area (Å²) in [6.07, 6.45) is 5.25. The van der Waals surface area contributed by atoms with Crippen LogP contribution >= 0.6 is 0 Å². The van der Waals surface area contributed by atoms with E-state index in [4.69, 9.17) is 11.2 Å². The average Bonchev–Trinajstić information content (AvgIpc) is 2.35. The van der Waals surface area contributed by atoms with Crippen molar-refractivity contribution in [3.05, 3.63) is 29.8 Å². The van der Waals surface area contributed by atoms with Crippen LogP contribution in [0.25, 0.3) is 0 Å². The van der Waals surface area contributed by atoms with Crippen molar-refractivity contribution in [2.24, 2.45) is 0 Å². The molecule has 1 unspecified atom stereocenters. The lowest BCUT2D eigenvalue weighted by molar-refractivity contribution is -0.144. The Morgan fingerprint density at radius 2 is 2.05 bits per heavy atom. The van der Waals surface area contributed by atoms with Crippen molar-refractivity contribution in [3.63, 3.8) is 0 Å². The van der Waals surface area contributed by atoms with Gasteiger partial charge in [0, 0.05) is 0 Å². The van der Waals surface area contributed by atoms with Gasteiger partial charge in [0.1, 0.15) is 11.3 Å². The van der Waals surface area contributed by atoms with Gasteiger partial charge in [-0.2, -0.15) is 0 Å². The second kappa shape index (κ2) is 6.26. The second-order valence-corrected chi connectivity index (χ2v) is 4.68. The van der Waals surface area contributed by atoms with Gasteiger partial charge in [-0.3, -0.25) is 5.32 Å². The molecule has 2 N–H and O–H groups in total. The van der Waals surface area contributed by atoms with Crippen molar-refractivity contribution in [3.8, 4) is 18.1 Å². The molecule has 0 heterocycles. The number of aliphatic carboxylic acids is 1. The molecule has 0 saturated carbocycles. The fourth-order valence-electron chi connectivity index (χ4n) is 1.67. The highest BCUT2D eigenvalue weighted by atomic mass is 16.5. The molecule has 0 saturated heterocycles. The number of carboxylic acid groups (broad SMARTS) is 1. The van der Waals surface area contributed by atoms with Crippen molar-refractivity contribution in [2.45, 2.75) is 32.4 Å². The van der Waals surface area contributed by atoms with E-state index >= 15 is 0 Å². The maximum atomic E-state index is 11.4. The summed E-state index contributed by atoms with van der Waals surface area (Å²) in [5.41, 5.74) is -0.575. The summed E-state index contributed by atoms with van der Waals surface area (Å²) in [4.78, 5) is 11.4. The SMILES string of the molecule is C#CCNC(C)(C(=O)O)c1ccc(OC(C)C)cc1. The molecule has 1 aromatic carbocycles. The summed E-state index contributed by atoms with van der Waals surface area (Å²) in [6.45, 7) is 5.64. The summed E-state index contributed by atoms with van der Waals surface area (Å²) in [5.74, 6) is 2.13. The molecule has 0 bridgehead atoms. The Bertz CT molecular complexity index is 473. The van der Waals surface area contributed by atoms with Gasteiger partial charge in [0.2, 0.25) is 0 Å². The Balaban J connectivity index is 2.98. The van der Waals surface area contributed by atoms with Gasteiger partial charge in [0.05, 0.1) is 12.6 Å². The van der Waals surface area contributed by atoms with Crippen molar-refractivity contribution in [1.29, 1.82) is 0 Å². The van der Waals surface area contributed by atoms with Gasteiger partial charge in [0.25, 0.3) is 0 Å². The fraction of sp³-hybridized carbons (Fsp3) is 0.400. The van der Waals surface area contributed by atoms with Gasteiger partial charge in [0.15, 0.2) is 0 Å². The van der Waals surface area contributed by atoms with Crippen LogP contribution in [0.15, 0.2) is 24.3 Å². The fourth-order valence-corrected chi connectivity index (χ4v) is 1.67. The normalized spacial score (nSPS) is 13.6. The molecule has 0 amide bonds. The molecule has 1 rings (SSSR count). The average molecular weight is 261 g/mol. The van der Waals surface area contributed by atoms with E-state index in [1.165, 1.54) is 0 Å². The summed E-state index contributed by atoms with van der Waals surface area (Å²) in [7, 11) is 0. The summed E-state index contributed by atoms with van der Waals surface area (Å²) in [5, 5.41) is 12.2. The van der Waals surface area contributed by atoms with Gasteiger partial charge in [-0.25, -0.2) is 4.79 Å². The molecule has 102 valence electrons. The van der Waals surface area contributed by atoms with E-state index in [0.29, 0.717) is 11.3 Å². The van der Waals surface area contributed by atoms with Gasteiger partial charge in [-0.1, -0.05) is 18.1 Å². The first-order chi connectivity index (χ1) is 8.90. The molecule has 0 aliphatic rings. The summed E-state index contributed by atoms with van der Waals surface area (Å²) < 4.78 is 5.52. The minimum absolute atomic E-state index is 0.0799. The zero-order chi connectivity index (χ0) is 14.5. The van der Waals surface area contributed by atoms with E-state index < -0.39 is 11.5 Å². The number of carboxylic acids is 1. The lowest BCUT2D eigenvalue weighted by Gasteiger charge is -2.26. The zero-order valence-electron chi connectivity index (χ0n) is 11.4. The molecule has 19 heavy (non-hydrogen) atoms. The molecule has 4 heteroatoms. The van der Waals surface area contributed by atoms with E-state index in [0.717, 1.165) is 0 Å². The van der Waals surface area contributed by atoms with Crippen molar-refractivity contribution < 1.29 is 14.6 Å². The lowest BCUT2D eigenvalue weighted by atomic mass is 9.92. The quantitative estimate of drug-likeness (QED) is 0.769. The van der Waals surface area contributed by atoms with Crippen molar-refractivity contribution >= 4 is 5.97 Å². The van der Waals surface area contributed by atoms with E-state index in [1.807, 2.05) is 13.8 Å². The first-order valence-electron chi connectivity index (χ1n) is 6.09. The third kappa shape index (κ3) is 3.73. The Morgan fingerprint density at radius 1 is 1.47 bits per heavy atom. The molecule has 0 aliphatic carbocycles. The second-order valence-electron chi connectivity index (χ2n) is 4.68. The molecule has 0 fully saturated rings. The largest absolute Gasteiger partial charge is 0.491 e. The maximum Gasteiger partial charge on any atom is 0.328 e. The number of nitrogens with one attached hydrogen (secondary N) is 1. The Morgan fingerprint density at radius 3 is 2.47 bits per heavy atom. The molecule has 0 aliphatic heterocycles. The Labute approximate surface area is 113 Å². The van der Waals surface area contributed by atoms with Gasteiger partial charge in [-0.05, 0) is 38.5 Å². The molecule has 0 aromatic heterocycles. The van der Waals surface area contributed by atoms with Crippen molar-refractivity contribution in [2.75, 3.05) is 6.54 Å². The van der Waals surface area contributed by atoms with E-state index in [1.54, 1.807) is 31.2 Å². The summed E-state index contributed by atoms with van der Waals surface area (Å²) in [6, 6.07) is 6.98. The van der Waals surface area contributed by atoms with E-state index in [9.17, 15) is 9.90 Å². The van der Waals surface area contributed by atoms with Crippen LogP contribution in [0.2, 0.25) is 0 Å². The zero-order valence-corrected chi connectivity index (χ0v) is 11.4. The molecular weight excluding hydrogens is 242 g/mol. The van der Waals surface area contributed by atoms with Crippen LogP contribution < -0.4 is 10.1 Å². The first kappa shape index (κ1) is 15.1. The van der Waals surface area contributed by atoms with Crippen LogP contribution in [0.5, 0.6) is 5.75 Å². The smallest absolute Gasteiger partial charge is 0.328 e. The number of terminal acetylenes is 1. The van der Waals surface area contributed by atoms with Crippen LogP contribution in [-0.4, -0.2) is 23.7 Å². The lowest BCUT2D eigenvalue weighted by Crippen LogP contribution is -2.46. The standard InChI is InChI=1S/C15H19NO3/c1-5-10-16-15(4,14(17)18)12-6-8-13(9-7-12)19-11(2)3/h1,6-9,11,16H,10H2,2-4H3,(H,17,18). The topological polar surface area (TPSA) is 58.6 Å². The monoisotopic (exact) mass is 261 g/mol. The van der Waals surface area contributed by atoms with Crippen LogP contribution in [0, 0.1) is 12.3 Å². The van der Waals surface area contributed by atoms with Gasteiger partial charge >= 0.3 is 5.97 Å². The first-order valence-corrected chi connectivity index (χ1v) is 6.09. The number of hydrogen-bond donors (Lipinski definition) is 2. The maximum absolute atomic E-state index is 11.4. The number of rotatable bonds is 6. The third-order valence-corrected chi connectivity index (χ3v) is 2.78. The molecule has 0 spiro atoms. The van der Waals surface area contributed by atoms with Crippen LogP contribution in [0.1, 0.15) is 26.3 Å². The predicted octanol–water partition coefficient (Wildman–Crippen LogP) is 2.00. The highest BCUT2D eigenvalue weighted by Crippen LogP contribution is 2.24. The third-order valence-electron chi connectivity index (χ3n) is 2.78. The minimum Gasteiger partial charge on any atom is -0.491 e. The highest BCUT2D eigenvalue weighted by Gasteiger charge is 2.34. The Hall–Kier alpha value is -1.99. The number of ether oxygens (including phenoxy) is 1. The van der Waals surface area contributed by atoms with Crippen molar-refractivity contribution in [1.82, 2.24) is 5.32 Å². The molecule has 1 aromatic rings. The number of carbonyl (C=O) groups is 1. The molecule has 4 nitrogen and oxygen atoms in total. The van der Waals surface area contributed by atoms with Gasteiger partial charge < -0.3 is 9.84 Å². The summed E-state index contributed by atoms with van der Waals surface area (Å²) >= 11 is 0. The molecule has 1 atom stereocenters. The molecular formula is C15H19NO3. The van der Waals surface area contributed by atoms with Crippen LogP contribution in [0.4, 0.5) is 0 Å². The number of benzene rings is 1. The number of hydrogen-bond acceptors (Lipinski definition) is 3. The van der Waals surface area contributed by atoms with E-state index in [-0.39, 0.29) is 12.6 Å². The van der Waals surface area contributed by atoms with Gasteiger partial charge in [-0.15, -0.1) is 6.42 Å². The minimum atomic E-state index is -1.21. The Kier molecular flexibility index (Phi) is 4.96. The highest BCUT2D eigenvalue weighted by molar-refractivity contribution is 5.80. The van der Waals surface area contributed by atoms with E-state index in [2.05, 4.69) is 11.2 Å². The predicted molar refractivity (Wildman–Crippen MR) is 74.0 cm³/mol. The van der Waals surface area contributed by atoms with Crippen LogP contribution in [0.3, 0.4) is 0 Å².